The molecule has 1 aromatic carbocycles. The largest absolute Gasteiger partial charge is 0.508 e. The third-order valence-corrected chi connectivity index (χ3v) is 4.52. The molecule has 26 heavy (non-hydrogen) atoms. The summed E-state index contributed by atoms with van der Waals surface area (Å²) in [7, 11) is 0. The molecule has 0 amide bonds. The Bertz CT molecular complexity index is 536. The molecule has 152 valence electrons. The van der Waals surface area contributed by atoms with E-state index in [1.54, 1.807) is 23.1 Å². The third-order valence-electron chi connectivity index (χ3n) is 4.52. The van der Waals surface area contributed by atoms with Gasteiger partial charge in [0.1, 0.15) is 5.75 Å². The lowest BCUT2D eigenvalue weighted by Crippen LogP contribution is -2.46. The van der Waals surface area contributed by atoms with E-state index in [-0.39, 0.29) is 30.6 Å². The Morgan fingerprint density at radius 2 is 1.73 bits per heavy atom. The molecule has 1 aliphatic rings. The summed E-state index contributed by atoms with van der Waals surface area (Å²) in [6, 6.07) is 4.17. The van der Waals surface area contributed by atoms with Gasteiger partial charge in [-0.05, 0) is 19.9 Å². The number of phenolic OH excluding ortho intramolecular Hbond substituents is 1. The van der Waals surface area contributed by atoms with E-state index in [0.717, 1.165) is 18.8 Å². The Kier molecular flexibility index (Phi) is 10.7. The Labute approximate surface area is 165 Å². The summed E-state index contributed by atoms with van der Waals surface area (Å²) >= 11 is 0. The molecule has 1 fully saturated rings. The average molecular weight is 418 g/mol. The van der Waals surface area contributed by atoms with Crippen molar-refractivity contribution in [3.8, 4) is 5.75 Å². The summed E-state index contributed by atoms with van der Waals surface area (Å²) in [6.07, 6.45) is -5.23. The first-order chi connectivity index (χ1) is 11.4. The van der Waals surface area contributed by atoms with Gasteiger partial charge < -0.3 is 15.3 Å². The van der Waals surface area contributed by atoms with Crippen LogP contribution in [0.1, 0.15) is 31.9 Å². The number of nitrogens with zero attached hydrogens (tertiary/aromatic N) is 2. The van der Waals surface area contributed by atoms with Gasteiger partial charge in [0.2, 0.25) is 0 Å². The van der Waals surface area contributed by atoms with Gasteiger partial charge in [0.15, 0.2) is 0 Å². The maximum absolute atomic E-state index is 13.1. The van der Waals surface area contributed by atoms with Crippen molar-refractivity contribution in [1.29, 1.82) is 0 Å². The molecule has 2 rings (SSSR count). The number of halogens is 5. The zero-order valence-electron chi connectivity index (χ0n) is 15.1. The van der Waals surface area contributed by atoms with E-state index in [4.69, 9.17) is 0 Å². The zero-order chi connectivity index (χ0) is 17.7. The van der Waals surface area contributed by atoms with Gasteiger partial charge >= 0.3 is 6.18 Å². The molecule has 0 unspecified atom stereocenters. The SMILES string of the molecule is CCN(CC)c1ccc([C@@H](CC(F)(F)F)N2CCNCC2)c(O)c1.Cl.Cl. The fourth-order valence-corrected chi connectivity index (χ4v) is 3.25. The molecule has 1 saturated heterocycles. The Balaban J connectivity index is 0.00000312. The highest BCUT2D eigenvalue weighted by molar-refractivity contribution is 5.85. The number of piperazine rings is 1. The first-order valence-electron chi connectivity index (χ1n) is 8.45. The van der Waals surface area contributed by atoms with Gasteiger partial charge in [-0.1, -0.05) is 6.07 Å². The predicted octanol–water partition coefficient (Wildman–Crippen LogP) is 3.98. The topological polar surface area (TPSA) is 38.7 Å². The monoisotopic (exact) mass is 417 g/mol. The number of phenols is 1. The molecule has 0 radical (unpaired) electrons. The quantitative estimate of drug-likeness (QED) is 0.733. The van der Waals surface area contributed by atoms with Gasteiger partial charge in [-0.25, -0.2) is 0 Å². The van der Waals surface area contributed by atoms with Crippen LogP contribution >= 0.6 is 24.8 Å². The molecule has 1 heterocycles. The molecule has 4 nitrogen and oxygen atoms in total. The van der Waals surface area contributed by atoms with Crippen molar-refractivity contribution >= 4 is 30.5 Å². The minimum absolute atomic E-state index is 0. The Hall–Kier alpha value is -0.890. The molecule has 0 aliphatic carbocycles. The van der Waals surface area contributed by atoms with Crippen LogP contribution in [0.25, 0.3) is 0 Å². The van der Waals surface area contributed by atoms with Crippen LogP contribution < -0.4 is 10.2 Å². The zero-order valence-corrected chi connectivity index (χ0v) is 16.7. The highest BCUT2D eigenvalue weighted by Gasteiger charge is 2.37. The van der Waals surface area contributed by atoms with Crippen LogP contribution in [0.2, 0.25) is 0 Å². The second kappa shape index (κ2) is 11.1. The van der Waals surface area contributed by atoms with Crippen molar-refractivity contribution in [1.82, 2.24) is 10.2 Å². The van der Waals surface area contributed by atoms with E-state index in [1.807, 2.05) is 18.7 Å². The fourth-order valence-electron chi connectivity index (χ4n) is 3.25. The first-order valence-corrected chi connectivity index (χ1v) is 8.45. The standard InChI is InChI=1S/C17H26F3N3O.2ClH/c1-3-22(4-2)13-5-6-14(16(24)11-13)15(12-17(18,19)20)23-9-7-21-8-10-23;;/h5-6,11,15,21,24H,3-4,7-10,12H2,1-2H3;2*1H/t15-;;/m1../s1. The van der Waals surface area contributed by atoms with E-state index < -0.39 is 18.6 Å². The first kappa shape index (κ1) is 25.1. The highest BCUT2D eigenvalue weighted by Crippen LogP contribution is 2.39. The predicted molar refractivity (Wildman–Crippen MR) is 104 cm³/mol. The van der Waals surface area contributed by atoms with Gasteiger partial charge in [0.25, 0.3) is 0 Å². The van der Waals surface area contributed by atoms with E-state index in [1.165, 1.54) is 0 Å². The number of aromatic hydroxyl groups is 1. The molecular weight excluding hydrogens is 390 g/mol. The maximum Gasteiger partial charge on any atom is 0.390 e. The number of benzene rings is 1. The van der Waals surface area contributed by atoms with E-state index in [9.17, 15) is 18.3 Å². The third kappa shape index (κ3) is 6.68. The molecule has 0 saturated carbocycles. The molecule has 0 bridgehead atoms. The van der Waals surface area contributed by atoms with Gasteiger partial charge in [-0.2, -0.15) is 13.2 Å². The van der Waals surface area contributed by atoms with Crippen LogP contribution in [0.4, 0.5) is 18.9 Å². The smallest absolute Gasteiger partial charge is 0.390 e. The number of hydrogen-bond donors (Lipinski definition) is 2. The van der Waals surface area contributed by atoms with Crippen LogP contribution in [0.15, 0.2) is 18.2 Å². The molecule has 2 N–H and O–H groups in total. The van der Waals surface area contributed by atoms with E-state index in [2.05, 4.69) is 5.32 Å². The molecular formula is C17H28Cl2F3N3O. The summed E-state index contributed by atoms with van der Waals surface area (Å²) in [4.78, 5) is 3.85. The fraction of sp³-hybridized carbons (Fsp3) is 0.647. The molecule has 0 aromatic heterocycles. The normalized spacial score (nSPS) is 16.3. The van der Waals surface area contributed by atoms with Gasteiger partial charge in [-0.15, -0.1) is 24.8 Å². The second-order valence-electron chi connectivity index (χ2n) is 6.04. The summed E-state index contributed by atoms with van der Waals surface area (Å²) in [6.45, 7) is 7.96. The summed E-state index contributed by atoms with van der Waals surface area (Å²) in [5, 5.41) is 13.5. The molecule has 1 atom stereocenters. The molecule has 1 aliphatic heterocycles. The Morgan fingerprint density at radius 1 is 1.15 bits per heavy atom. The van der Waals surface area contributed by atoms with Crippen molar-refractivity contribution in [2.75, 3.05) is 44.2 Å². The van der Waals surface area contributed by atoms with Crippen LogP contribution in [0.3, 0.4) is 0 Å². The minimum atomic E-state index is -4.28. The van der Waals surface area contributed by atoms with Crippen molar-refractivity contribution in [3.63, 3.8) is 0 Å². The van der Waals surface area contributed by atoms with Crippen molar-refractivity contribution in [2.24, 2.45) is 0 Å². The summed E-state index contributed by atoms with van der Waals surface area (Å²) < 4.78 is 39.2. The van der Waals surface area contributed by atoms with Crippen LogP contribution in [-0.2, 0) is 0 Å². The number of anilines is 1. The number of hydrogen-bond acceptors (Lipinski definition) is 4. The van der Waals surface area contributed by atoms with Gasteiger partial charge in [-0.3, -0.25) is 4.90 Å². The lowest BCUT2D eigenvalue weighted by Gasteiger charge is -2.36. The minimum Gasteiger partial charge on any atom is -0.508 e. The van der Waals surface area contributed by atoms with Gasteiger partial charge in [0, 0.05) is 62.6 Å². The highest BCUT2D eigenvalue weighted by atomic mass is 35.5. The average Bonchev–Trinajstić information content (AvgIpc) is 2.54. The maximum atomic E-state index is 13.1. The Morgan fingerprint density at radius 3 is 2.19 bits per heavy atom. The van der Waals surface area contributed by atoms with Crippen molar-refractivity contribution < 1.29 is 18.3 Å². The lowest BCUT2D eigenvalue weighted by atomic mass is 9.99. The number of rotatable bonds is 6. The van der Waals surface area contributed by atoms with Crippen molar-refractivity contribution in [2.45, 2.75) is 32.5 Å². The second-order valence-corrected chi connectivity index (χ2v) is 6.04. The van der Waals surface area contributed by atoms with E-state index >= 15 is 0 Å². The van der Waals surface area contributed by atoms with Crippen LogP contribution in [-0.4, -0.2) is 55.5 Å². The number of nitrogens with one attached hydrogen (secondary N) is 1. The van der Waals surface area contributed by atoms with Gasteiger partial charge in [0.05, 0.1) is 6.42 Å². The summed E-state index contributed by atoms with van der Waals surface area (Å²) in [5.74, 6) is -0.0628. The number of alkyl halides is 3. The van der Waals surface area contributed by atoms with Crippen LogP contribution in [0, 0.1) is 0 Å². The summed E-state index contributed by atoms with van der Waals surface area (Å²) in [5.41, 5.74) is 1.18. The lowest BCUT2D eigenvalue weighted by molar-refractivity contribution is -0.148. The molecule has 0 spiro atoms. The van der Waals surface area contributed by atoms with Crippen LogP contribution in [0.5, 0.6) is 5.75 Å². The van der Waals surface area contributed by atoms with E-state index in [0.29, 0.717) is 31.7 Å². The van der Waals surface area contributed by atoms with Crippen molar-refractivity contribution in [3.05, 3.63) is 23.8 Å². The molecule has 1 aromatic rings. The molecule has 9 heteroatoms.